The molecule has 0 atom stereocenters. The van der Waals surface area contributed by atoms with Crippen molar-refractivity contribution < 1.29 is 15.0 Å². The maximum Gasteiger partial charge on any atom is 0.269 e. The van der Waals surface area contributed by atoms with E-state index in [-0.39, 0.29) is 12.3 Å². The zero-order chi connectivity index (χ0) is 13.4. The first-order valence-electron chi connectivity index (χ1n) is 5.18. The van der Waals surface area contributed by atoms with Crippen LogP contribution in [0.2, 0.25) is 0 Å². The van der Waals surface area contributed by atoms with Crippen LogP contribution in [0.15, 0.2) is 34.6 Å². The molecule has 0 spiro atoms. The summed E-state index contributed by atoms with van der Waals surface area (Å²) in [7, 11) is 0. The molecule has 0 aliphatic carbocycles. The van der Waals surface area contributed by atoms with E-state index in [1.165, 1.54) is 18.3 Å². The molecule has 1 N–H and O–H groups in total. The second kappa shape index (κ2) is 7.00. The van der Waals surface area contributed by atoms with Crippen LogP contribution >= 0.6 is 0 Å². The van der Waals surface area contributed by atoms with Gasteiger partial charge >= 0.3 is 0 Å². The largest absolute Gasteiger partial charge is 0.411 e. The van der Waals surface area contributed by atoms with Crippen LogP contribution in [0.4, 0.5) is 5.69 Å². The van der Waals surface area contributed by atoms with E-state index in [0.29, 0.717) is 12.1 Å². The molecule has 7 nitrogen and oxygen atoms in total. The molecule has 1 aromatic rings. The minimum absolute atomic E-state index is 0.0394. The molecule has 0 saturated carbocycles. The zero-order valence-corrected chi connectivity index (χ0v) is 9.81. The minimum Gasteiger partial charge on any atom is -0.411 e. The van der Waals surface area contributed by atoms with Gasteiger partial charge in [0.25, 0.3) is 5.69 Å². The van der Waals surface area contributed by atoms with Gasteiger partial charge in [-0.05, 0) is 24.6 Å². The standard InChI is InChI=1S/C11H13N3O4/c1-9(6-7-12-15)13-18-8-10-2-4-11(5-3-10)14(16)17/h2-5,7,15H,6,8H2,1H3/b12-7+,13-9+. The van der Waals surface area contributed by atoms with E-state index in [9.17, 15) is 10.1 Å². The number of nitro benzene ring substituents is 1. The predicted octanol–water partition coefficient (Wildman–Crippen LogP) is 2.34. The number of oxime groups is 2. The molecule has 0 amide bonds. The van der Waals surface area contributed by atoms with Gasteiger partial charge in [0.2, 0.25) is 0 Å². The molecule has 18 heavy (non-hydrogen) atoms. The molecule has 7 heteroatoms. The molecule has 96 valence electrons. The SMILES string of the molecule is C/C(C/C=N/O)=N\OCc1ccc([N+](=O)[O-])cc1. The molecular formula is C11H13N3O4. The van der Waals surface area contributed by atoms with E-state index < -0.39 is 4.92 Å². The van der Waals surface area contributed by atoms with Crippen LogP contribution in [0, 0.1) is 10.1 Å². The third-order valence-electron chi connectivity index (χ3n) is 2.07. The smallest absolute Gasteiger partial charge is 0.269 e. The fraction of sp³-hybridized carbons (Fsp3) is 0.273. The summed E-state index contributed by atoms with van der Waals surface area (Å²) in [5.41, 5.74) is 1.49. The first-order valence-corrected chi connectivity index (χ1v) is 5.18. The van der Waals surface area contributed by atoms with Gasteiger partial charge in [-0.15, -0.1) is 5.16 Å². The average molecular weight is 251 g/mol. The average Bonchev–Trinajstić information content (AvgIpc) is 2.37. The van der Waals surface area contributed by atoms with Gasteiger partial charge in [-0.3, -0.25) is 10.1 Å². The molecule has 0 aromatic heterocycles. The molecule has 0 aliphatic heterocycles. The van der Waals surface area contributed by atoms with Gasteiger partial charge in [0.05, 0.1) is 10.6 Å². The maximum atomic E-state index is 10.4. The van der Waals surface area contributed by atoms with E-state index in [4.69, 9.17) is 10.0 Å². The predicted molar refractivity (Wildman–Crippen MR) is 65.9 cm³/mol. The van der Waals surface area contributed by atoms with Crippen molar-refractivity contribution in [2.45, 2.75) is 20.0 Å². The van der Waals surface area contributed by atoms with Crippen molar-refractivity contribution in [2.75, 3.05) is 0 Å². The Bertz CT molecular complexity index is 454. The van der Waals surface area contributed by atoms with Gasteiger partial charge < -0.3 is 10.0 Å². The van der Waals surface area contributed by atoms with Crippen LogP contribution in [-0.2, 0) is 11.4 Å². The third-order valence-corrected chi connectivity index (χ3v) is 2.07. The summed E-state index contributed by atoms with van der Waals surface area (Å²) in [6.07, 6.45) is 1.70. The molecule has 0 radical (unpaired) electrons. The highest BCUT2D eigenvalue weighted by molar-refractivity contribution is 5.93. The summed E-state index contributed by atoms with van der Waals surface area (Å²) in [5.74, 6) is 0. The fourth-order valence-electron chi connectivity index (χ4n) is 1.14. The van der Waals surface area contributed by atoms with E-state index in [0.717, 1.165) is 5.56 Å². The Hall–Kier alpha value is -2.44. The van der Waals surface area contributed by atoms with Gasteiger partial charge in [-0.2, -0.15) is 0 Å². The Kier molecular flexibility index (Phi) is 5.30. The quantitative estimate of drug-likeness (QED) is 0.363. The summed E-state index contributed by atoms with van der Waals surface area (Å²) >= 11 is 0. The molecule has 0 bridgehead atoms. The lowest BCUT2D eigenvalue weighted by molar-refractivity contribution is -0.384. The third kappa shape index (κ3) is 4.60. The van der Waals surface area contributed by atoms with Crippen molar-refractivity contribution in [3.05, 3.63) is 39.9 Å². The topological polar surface area (TPSA) is 97.3 Å². The van der Waals surface area contributed by atoms with Crippen molar-refractivity contribution in [1.82, 2.24) is 0 Å². The van der Waals surface area contributed by atoms with Crippen molar-refractivity contribution in [2.24, 2.45) is 10.3 Å². The lowest BCUT2D eigenvalue weighted by Crippen LogP contribution is -1.95. The van der Waals surface area contributed by atoms with Crippen molar-refractivity contribution in [3.8, 4) is 0 Å². The van der Waals surface area contributed by atoms with Gasteiger partial charge in [-0.25, -0.2) is 0 Å². The fourth-order valence-corrected chi connectivity index (χ4v) is 1.14. The first-order chi connectivity index (χ1) is 8.63. The Morgan fingerprint density at radius 2 is 2.17 bits per heavy atom. The molecule has 0 aliphatic rings. The monoisotopic (exact) mass is 251 g/mol. The Morgan fingerprint density at radius 1 is 1.50 bits per heavy atom. The molecule has 0 heterocycles. The molecule has 1 aromatic carbocycles. The molecule has 0 unspecified atom stereocenters. The number of hydrogen-bond acceptors (Lipinski definition) is 6. The van der Waals surface area contributed by atoms with E-state index in [2.05, 4.69) is 10.3 Å². The second-order valence-electron chi connectivity index (χ2n) is 3.53. The van der Waals surface area contributed by atoms with Gasteiger partial charge in [0, 0.05) is 24.8 Å². The zero-order valence-electron chi connectivity index (χ0n) is 9.81. The van der Waals surface area contributed by atoms with E-state index in [1.807, 2.05) is 0 Å². The summed E-state index contributed by atoms with van der Waals surface area (Å²) in [4.78, 5) is 15.0. The van der Waals surface area contributed by atoms with Crippen LogP contribution in [0.25, 0.3) is 0 Å². The second-order valence-corrected chi connectivity index (χ2v) is 3.53. The normalized spacial score (nSPS) is 11.7. The van der Waals surface area contributed by atoms with Crippen molar-refractivity contribution in [3.63, 3.8) is 0 Å². The van der Waals surface area contributed by atoms with E-state index in [1.54, 1.807) is 19.1 Å². The molecule has 0 fully saturated rings. The highest BCUT2D eigenvalue weighted by Crippen LogP contribution is 2.12. The highest BCUT2D eigenvalue weighted by atomic mass is 16.6. The van der Waals surface area contributed by atoms with Crippen LogP contribution in [0.3, 0.4) is 0 Å². The number of nitrogens with zero attached hydrogens (tertiary/aromatic N) is 3. The number of rotatable bonds is 6. The minimum atomic E-state index is -0.457. The lowest BCUT2D eigenvalue weighted by atomic mass is 10.2. The van der Waals surface area contributed by atoms with Crippen LogP contribution in [0.1, 0.15) is 18.9 Å². The van der Waals surface area contributed by atoms with Gasteiger partial charge in [-0.1, -0.05) is 5.16 Å². The number of nitro groups is 1. The molecule has 0 saturated heterocycles. The van der Waals surface area contributed by atoms with Crippen LogP contribution in [-0.4, -0.2) is 22.1 Å². The van der Waals surface area contributed by atoms with Crippen LogP contribution < -0.4 is 0 Å². The summed E-state index contributed by atoms with van der Waals surface area (Å²) in [5, 5.41) is 25.3. The first kappa shape index (κ1) is 13.6. The number of hydrogen-bond donors (Lipinski definition) is 1. The van der Waals surface area contributed by atoms with Gasteiger partial charge in [0.15, 0.2) is 0 Å². The lowest BCUT2D eigenvalue weighted by Gasteiger charge is -2.00. The summed E-state index contributed by atoms with van der Waals surface area (Å²) in [6.45, 7) is 1.96. The molecular weight excluding hydrogens is 238 g/mol. The Labute approximate surface area is 104 Å². The Morgan fingerprint density at radius 3 is 2.72 bits per heavy atom. The van der Waals surface area contributed by atoms with Crippen molar-refractivity contribution in [1.29, 1.82) is 0 Å². The maximum absolute atomic E-state index is 10.4. The summed E-state index contributed by atoms with van der Waals surface area (Å²) in [6, 6.07) is 6.04. The van der Waals surface area contributed by atoms with E-state index >= 15 is 0 Å². The molecule has 1 rings (SSSR count). The van der Waals surface area contributed by atoms with Crippen LogP contribution in [0.5, 0.6) is 0 Å². The Balaban J connectivity index is 2.46. The highest BCUT2D eigenvalue weighted by Gasteiger charge is 2.03. The number of benzene rings is 1. The van der Waals surface area contributed by atoms with Crippen molar-refractivity contribution >= 4 is 17.6 Å². The van der Waals surface area contributed by atoms with Gasteiger partial charge in [0.1, 0.15) is 6.61 Å². The summed E-state index contributed by atoms with van der Waals surface area (Å²) < 4.78 is 0. The number of non-ortho nitro benzene ring substituents is 1.